The van der Waals surface area contributed by atoms with E-state index in [-0.39, 0.29) is 49.1 Å². The molecule has 2 aromatic rings. The van der Waals surface area contributed by atoms with Crippen LogP contribution >= 0.6 is 0 Å². The van der Waals surface area contributed by atoms with Crippen LogP contribution in [0.3, 0.4) is 0 Å². The van der Waals surface area contributed by atoms with Crippen LogP contribution in [0.2, 0.25) is 0 Å². The van der Waals surface area contributed by atoms with Crippen molar-refractivity contribution in [3.8, 4) is 35.2 Å². The average molecular weight is 507 g/mol. The number of hydrogen-bond acceptors (Lipinski definition) is 5. The van der Waals surface area contributed by atoms with Gasteiger partial charge in [0.15, 0.2) is 12.2 Å². The minimum Gasteiger partial charge on any atom is -0.477 e. The van der Waals surface area contributed by atoms with Gasteiger partial charge in [-0.3, -0.25) is 0 Å². The van der Waals surface area contributed by atoms with Crippen LogP contribution in [-0.4, -0.2) is 47.8 Å². The number of benzene rings is 2. The molecule has 0 fully saturated rings. The lowest BCUT2D eigenvalue weighted by Gasteiger charge is -2.27. The van der Waals surface area contributed by atoms with E-state index in [0.29, 0.717) is 0 Å². The molecule has 0 aliphatic heterocycles. The van der Waals surface area contributed by atoms with Gasteiger partial charge < -0.3 is 24.4 Å². The van der Waals surface area contributed by atoms with Gasteiger partial charge in [-0.15, -0.1) is 0 Å². The van der Waals surface area contributed by atoms with Gasteiger partial charge in [0.05, 0.1) is 25.4 Å². The normalized spacial score (nSPS) is 14.7. The Balaban J connectivity index is 1.77. The first-order chi connectivity index (χ1) is 17.4. The molecule has 4 unspecified atom stereocenters. The smallest absolute Gasteiger partial charge is 0.163 e. The lowest BCUT2D eigenvalue weighted by molar-refractivity contribution is -0.00411. The van der Waals surface area contributed by atoms with Gasteiger partial charge in [-0.1, -0.05) is 102 Å². The van der Waals surface area contributed by atoms with Crippen molar-refractivity contribution in [2.75, 3.05) is 13.2 Å². The fourth-order valence-electron chi connectivity index (χ4n) is 3.11. The molecule has 0 spiro atoms. The summed E-state index contributed by atoms with van der Waals surface area (Å²) in [6.45, 7) is 12.6. The van der Waals surface area contributed by atoms with E-state index in [1.165, 1.54) is 0 Å². The molecule has 0 saturated carbocycles. The second-order valence-electron chi connectivity index (χ2n) is 11.2. The highest BCUT2D eigenvalue weighted by Gasteiger charge is 2.25. The highest BCUT2D eigenvalue weighted by atomic mass is 16.5. The maximum atomic E-state index is 10.3. The van der Waals surface area contributed by atoms with Crippen LogP contribution in [0.1, 0.15) is 54.4 Å². The molecule has 4 atom stereocenters. The molecule has 5 heteroatoms. The van der Waals surface area contributed by atoms with Crippen molar-refractivity contribution in [1.82, 2.24) is 0 Å². The topological polar surface area (TPSA) is 68.2 Å². The van der Waals surface area contributed by atoms with Crippen molar-refractivity contribution in [2.45, 2.75) is 78.8 Å². The number of hydrogen-bond donors (Lipinski definition) is 2. The summed E-state index contributed by atoms with van der Waals surface area (Å²) in [4.78, 5) is 0. The minimum atomic E-state index is -0.757. The first-order valence-corrected chi connectivity index (χ1v) is 12.8. The Hall–Kier alpha value is -2.96. The third kappa shape index (κ3) is 12.2. The standard InChI is InChI=1S/C32H42O5/c1-31(2,3)29(36-27-17-9-7-10-18-27)21-13-15-25(33)23-35-24-26(34)16-14-22-30(32(4,5)6)37-28-19-11-8-12-20-28/h7-12,17-20,25-26,29-30,33-34H,15-16,23-24H2,1-6H3. The van der Waals surface area contributed by atoms with E-state index in [9.17, 15) is 10.2 Å². The van der Waals surface area contributed by atoms with Crippen LogP contribution in [-0.2, 0) is 4.74 Å². The Kier molecular flexibility index (Phi) is 12.0. The summed E-state index contributed by atoms with van der Waals surface area (Å²) in [5, 5.41) is 20.5. The van der Waals surface area contributed by atoms with Gasteiger partial charge in [0, 0.05) is 23.7 Å². The third-order valence-corrected chi connectivity index (χ3v) is 5.33. The maximum absolute atomic E-state index is 10.3. The lowest BCUT2D eigenvalue weighted by atomic mass is 9.89. The van der Waals surface area contributed by atoms with Gasteiger partial charge >= 0.3 is 0 Å². The molecule has 0 amide bonds. The summed E-state index contributed by atoms with van der Waals surface area (Å²) < 4.78 is 17.6. The molecular formula is C32H42O5. The van der Waals surface area contributed by atoms with Crippen LogP contribution in [0.25, 0.3) is 0 Å². The van der Waals surface area contributed by atoms with Crippen molar-refractivity contribution < 1.29 is 24.4 Å². The van der Waals surface area contributed by atoms with Crippen LogP contribution in [0.5, 0.6) is 11.5 Å². The van der Waals surface area contributed by atoms with Crippen molar-refractivity contribution in [1.29, 1.82) is 0 Å². The SMILES string of the molecule is CC(C)(C)C(C#CCC(O)COCC(O)CC#CC(Oc1ccccc1)C(C)(C)C)Oc1ccccc1. The van der Waals surface area contributed by atoms with Gasteiger partial charge in [-0.25, -0.2) is 0 Å². The van der Waals surface area contributed by atoms with E-state index in [2.05, 4.69) is 65.2 Å². The molecular weight excluding hydrogens is 464 g/mol. The maximum Gasteiger partial charge on any atom is 0.163 e. The van der Waals surface area contributed by atoms with Crippen molar-refractivity contribution in [3.63, 3.8) is 0 Å². The molecule has 2 N–H and O–H groups in total. The summed E-state index contributed by atoms with van der Waals surface area (Å²) in [6.07, 6.45) is -1.63. The molecule has 2 rings (SSSR count). The second-order valence-corrected chi connectivity index (χ2v) is 11.2. The Morgan fingerprint density at radius 1 is 0.622 bits per heavy atom. The molecule has 5 nitrogen and oxygen atoms in total. The van der Waals surface area contributed by atoms with Crippen molar-refractivity contribution in [3.05, 3.63) is 60.7 Å². The molecule has 0 saturated heterocycles. The largest absolute Gasteiger partial charge is 0.477 e. The van der Waals surface area contributed by atoms with Gasteiger partial charge in [0.1, 0.15) is 11.5 Å². The monoisotopic (exact) mass is 506 g/mol. The van der Waals surface area contributed by atoms with Crippen LogP contribution < -0.4 is 9.47 Å². The van der Waals surface area contributed by atoms with Crippen molar-refractivity contribution >= 4 is 0 Å². The number of para-hydroxylation sites is 2. The van der Waals surface area contributed by atoms with Crippen molar-refractivity contribution in [2.24, 2.45) is 10.8 Å². The summed E-state index contributed by atoms with van der Waals surface area (Å²) in [5.41, 5.74) is -0.374. The highest BCUT2D eigenvalue weighted by Crippen LogP contribution is 2.25. The average Bonchev–Trinajstić information content (AvgIpc) is 2.83. The third-order valence-electron chi connectivity index (χ3n) is 5.33. The summed E-state index contributed by atoms with van der Waals surface area (Å²) in [6, 6.07) is 19.2. The number of ether oxygens (including phenoxy) is 3. The number of aliphatic hydroxyl groups is 2. The molecule has 0 radical (unpaired) electrons. The summed E-state index contributed by atoms with van der Waals surface area (Å²) in [5.74, 6) is 13.9. The second kappa shape index (κ2) is 14.7. The molecule has 2 aromatic carbocycles. The molecule has 0 aromatic heterocycles. The molecule has 200 valence electrons. The number of rotatable bonds is 10. The first kappa shape index (κ1) is 30.3. The zero-order valence-electron chi connectivity index (χ0n) is 23.0. The summed E-state index contributed by atoms with van der Waals surface area (Å²) >= 11 is 0. The Morgan fingerprint density at radius 3 is 1.30 bits per heavy atom. The predicted molar refractivity (Wildman–Crippen MR) is 148 cm³/mol. The first-order valence-electron chi connectivity index (χ1n) is 12.8. The highest BCUT2D eigenvalue weighted by molar-refractivity contribution is 5.24. The van der Waals surface area contributed by atoms with Gasteiger partial charge in [-0.2, -0.15) is 0 Å². The van der Waals surface area contributed by atoms with E-state index in [1.54, 1.807) is 0 Å². The Bertz CT molecular complexity index is 944. The van der Waals surface area contributed by atoms with E-state index < -0.39 is 12.2 Å². The fraction of sp³-hybridized carbons (Fsp3) is 0.500. The van der Waals surface area contributed by atoms with Gasteiger partial charge in [0.25, 0.3) is 0 Å². The zero-order chi connectivity index (χ0) is 27.3. The van der Waals surface area contributed by atoms with E-state index in [4.69, 9.17) is 14.2 Å². The molecule has 0 bridgehead atoms. The molecule has 0 aliphatic carbocycles. The van der Waals surface area contributed by atoms with Crippen LogP contribution in [0, 0.1) is 34.5 Å². The molecule has 0 heterocycles. The number of aliphatic hydroxyl groups excluding tert-OH is 2. The Labute approximate surface area is 223 Å². The minimum absolute atomic E-state index is 0.0840. The summed E-state index contributed by atoms with van der Waals surface area (Å²) in [7, 11) is 0. The fourth-order valence-corrected chi connectivity index (χ4v) is 3.11. The predicted octanol–water partition coefficient (Wildman–Crippen LogP) is 5.50. The van der Waals surface area contributed by atoms with Crippen LogP contribution in [0.4, 0.5) is 0 Å². The molecule has 0 aliphatic rings. The van der Waals surface area contributed by atoms with Gasteiger partial charge in [0.2, 0.25) is 0 Å². The van der Waals surface area contributed by atoms with E-state index in [0.717, 1.165) is 11.5 Å². The van der Waals surface area contributed by atoms with E-state index in [1.807, 2.05) is 60.7 Å². The quantitative estimate of drug-likeness (QED) is 0.417. The molecule has 37 heavy (non-hydrogen) atoms. The van der Waals surface area contributed by atoms with Gasteiger partial charge in [-0.05, 0) is 24.3 Å². The lowest BCUT2D eigenvalue weighted by Crippen LogP contribution is -2.31. The zero-order valence-corrected chi connectivity index (χ0v) is 23.0. The Morgan fingerprint density at radius 2 is 0.973 bits per heavy atom. The van der Waals surface area contributed by atoms with E-state index >= 15 is 0 Å². The van der Waals surface area contributed by atoms with Crippen LogP contribution in [0.15, 0.2) is 60.7 Å².